The van der Waals surface area contributed by atoms with E-state index >= 15 is 0 Å². The highest BCUT2D eigenvalue weighted by Crippen LogP contribution is 2.36. The molecule has 0 heterocycles. The van der Waals surface area contributed by atoms with Gasteiger partial charge in [0.2, 0.25) is 5.91 Å². The number of benzene rings is 3. The minimum Gasteiger partial charge on any atom is -0.495 e. The van der Waals surface area contributed by atoms with Crippen LogP contribution in [0.5, 0.6) is 17.2 Å². The van der Waals surface area contributed by atoms with Crippen LogP contribution in [0.25, 0.3) is 0 Å². The molecule has 0 unspecified atom stereocenters. The fraction of sp³-hybridized carbons (Fsp3) is 0.269. The van der Waals surface area contributed by atoms with Crippen molar-refractivity contribution in [2.75, 3.05) is 44.5 Å². The summed E-state index contributed by atoms with van der Waals surface area (Å²) in [5.74, 6) is 1.88. The Morgan fingerprint density at radius 3 is 2.27 bits per heavy atom. The van der Waals surface area contributed by atoms with E-state index in [0.717, 1.165) is 10.1 Å². The summed E-state index contributed by atoms with van der Waals surface area (Å²) >= 11 is 7.86. The highest BCUT2D eigenvalue weighted by molar-refractivity contribution is 7.98. The van der Waals surface area contributed by atoms with Gasteiger partial charge in [0.05, 0.1) is 31.9 Å². The lowest BCUT2D eigenvalue weighted by Gasteiger charge is -2.26. The van der Waals surface area contributed by atoms with E-state index in [1.54, 1.807) is 23.9 Å². The SMILES string of the molecule is COc1ccc(S(=O)(=O)N(CC(=O)NCCSCc2ccccc2)c2cc(Cl)ccc2OC)cc1OC. The van der Waals surface area contributed by atoms with Gasteiger partial charge < -0.3 is 19.5 Å². The Kier molecular flexibility index (Phi) is 10.4. The van der Waals surface area contributed by atoms with Crippen LogP contribution in [0.2, 0.25) is 5.02 Å². The Morgan fingerprint density at radius 1 is 0.919 bits per heavy atom. The van der Waals surface area contributed by atoms with Crippen molar-refractivity contribution in [2.24, 2.45) is 0 Å². The van der Waals surface area contributed by atoms with Gasteiger partial charge in [0.15, 0.2) is 11.5 Å². The van der Waals surface area contributed by atoms with Crippen LogP contribution < -0.4 is 23.8 Å². The number of nitrogens with one attached hydrogen (secondary N) is 1. The fourth-order valence-electron chi connectivity index (χ4n) is 3.48. The minimum atomic E-state index is -4.23. The molecule has 8 nitrogen and oxygen atoms in total. The van der Waals surface area contributed by atoms with Crippen molar-refractivity contribution in [1.29, 1.82) is 0 Å². The Balaban J connectivity index is 1.81. The summed E-state index contributed by atoms with van der Waals surface area (Å²) < 4.78 is 44.5. The third-order valence-corrected chi connectivity index (χ3v) is 8.34. The Hall–Kier alpha value is -3.08. The van der Waals surface area contributed by atoms with Crippen molar-refractivity contribution < 1.29 is 27.4 Å². The number of nitrogens with zero attached hydrogens (tertiary/aromatic N) is 1. The van der Waals surface area contributed by atoms with Crippen LogP contribution in [-0.4, -0.2) is 54.5 Å². The first-order chi connectivity index (χ1) is 17.8. The molecule has 0 radical (unpaired) electrons. The van der Waals surface area contributed by atoms with Crippen LogP contribution in [0.3, 0.4) is 0 Å². The monoisotopic (exact) mass is 564 g/mol. The number of carbonyl (C=O) groups excluding carboxylic acids is 1. The second kappa shape index (κ2) is 13.5. The van der Waals surface area contributed by atoms with Crippen molar-refractivity contribution in [3.05, 3.63) is 77.3 Å². The summed E-state index contributed by atoms with van der Waals surface area (Å²) in [6.07, 6.45) is 0. The molecule has 3 rings (SSSR count). The van der Waals surface area contributed by atoms with Crippen molar-refractivity contribution in [1.82, 2.24) is 5.32 Å². The lowest BCUT2D eigenvalue weighted by Crippen LogP contribution is -2.41. The maximum absolute atomic E-state index is 13.8. The van der Waals surface area contributed by atoms with Gasteiger partial charge in [0.25, 0.3) is 10.0 Å². The largest absolute Gasteiger partial charge is 0.495 e. The Morgan fingerprint density at radius 2 is 1.59 bits per heavy atom. The summed E-state index contributed by atoms with van der Waals surface area (Å²) in [4.78, 5) is 12.8. The van der Waals surface area contributed by atoms with Crippen LogP contribution in [0.15, 0.2) is 71.6 Å². The van der Waals surface area contributed by atoms with Gasteiger partial charge in [-0.3, -0.25) is 9.10 Å². The van der Waals surface area contributed by atoms with Crippen LogP contribution >= 0.6 is 23.4 Å². The van der Waals surface area contributed by atoms with E-state index in [2.05, 4.69) is 5.32 Å². The Bertz CT molecular complexity index is 1310. The second-order valence-corrected chi connectivity index (χ2v) is 11.1. The molecular formula is C26H29ClN2O6S2. The van der Waals surface area contributed by atoms with Gasteiger partial charge >= 0.3 is 0 Å². The molecule has 3 aromatic rings. The van der Waals surface area contributed by atoms with Gasteiger partial charge in [-0.1, -0.05) is 41.9 Å². The van der Waals surface area contributed by atoms with E-state index in [9.17, 15) is 13.2 Å². The molecular weight excluding hydrogens is 536 g/mol. The number of sulfonamides is 1. The number of amides is 1. The number of hydrogen-bond donors (Lipinski definition) is 1. The molecule has 0 aliphatic heterocycles. The first-order valence-electron chi connectivity index (χ1n) is 11.3. The third kappa shape index (κ3) is 7.47. The second-order valence-electron chi connectivity index (χ2n) is 7.73. The van der Waals surface area contributed by atoms with Crippen molar-refractivity contribution in [2.45, 2.75) is 10.6 Å². The maximum Gasteiger partial charge on any atom is 0.265 e. The predicted molar refractivity (Wildman–Crippen MR) is 148 cm³/mol. The van der Waals surface area contributed by atoms with Crippen molar-refractivity contribution in [3.8, 4) is 17.2 Å². The number of carbonyl (C=O) groups is 1. The molecule has 0 atom stereocenters. The molecule has 198 valence electrons. The van der Waals surface area contributed by atoms with Crippen LogP contribution in [0.4, 0.5) is 5.69 Å². The van der Waals surface area contributed by atoms with Crippen LogP contribution in [0.1, 0.15) is 5.56 Å². The molecule has 1 N–H and O–H groups in total. The molecule has 0 fully saturated rings. The summed E-state index contributed by atoms with van der Waals surface area (Å²) in [5, 5.41) is 3.09. The maximum atomic E-state index is 13.8. The Labute approximate surface area is 226 Å². The third-order valence-electron chi connectivity index (χ3n) is 5.32. The molecule has 11 heteroatoms. The molecule has 0 aliphatic carbocycles. The number of ether oxygens (including phenoxy) is 3. The van der Waals surface area contributed by atoms with E-state index in [0.29, 0.717) is 23.1 Å². The van der Waals surface area contributed by atoms with E-state index in [-0.39, 0.29) is 22.1 Å². The zero-order valence-electron chi connectivity index (χ0n) is 20.8. The smallest absolute Gasteiger partial charge is 0.265 e. The predicted octanol–water partition coefficient (Wildman–Crippen LogP) is 4.61. The topological polar surface area (TPSA) is 94.2 Å². The highest BCUT2D eigenvalue weighted by Gasteiger charge is 2.30. The van der Waals surface area contributed by atoms with E-state index in [1.165, 1.54) is 51.2 Å². The zero-order valence-corrected chi connectivity index (χ0v) is 23.2. The number of rotatable bonds is 13. The molecule has 0 saturated heterocycles. The van der Waals surface area contributed by atoms with Gasteiger partial charge in [-0.15, -0.1) is 0 Å². The summed E-state index contributed by atoms with van der Waals surface area (Å²) in [6.45, 7) is -0.0933. The summed E-state index contributed by atoms with van der Waals surface area (Å²) in [5.41, 5.74) is 1.33. The normalized spacial score (nSPS) is 11.0. The first-order valence-corrected chi connectivity index (χ1v) is 14.2. The molecule has 37 heavy (non-hydrogen) atoms. The lowest BCUT2D eigenvalue weighted by atomic mass is 10.2. The average molecular weight is 565 g/mol. The summed E-state index contributed by atoms with van der Waals surface area (Å²) in [6, 6.07) is 18.8. The molecule has 0 bridgehead atoms. The quantitative estimate of drug-likeness (QED) is 0.303. The number of thioether (sulfide) groups is 1. The first kappa shape index (κ1) is 28.5. The van der Waals surface area contributed by atoms with Gasteiger partial charge in [-0.25, -0.2) is 8.42 Å². The molecule has 0 aliphatic rings. The fourth-order valence-corrected chi connectivity index (χ4v) is 5.90. The minimum absolute atomic E-state index is 0.0848. The van der Waals surface area contributed by atoms with E-state index in [4.69, 9.17) is 25.8 Å². The number of anilines is 1. The van der Waals surface area contributed by atoms with Gasteiger partial charge in [-0.05, 0) is 35.9 Å². The van der Waals surface area contributed by atoms with E-state index in [1.807, 2.05) is 30.3 Å². The van der Waals surface area contributed by atoms with Gasteiger partial charge in [-0.2, -0.15) is 11.8 Å². The highest BCUT2D eigenvalue weighted by atomic mass is 35.5. The lowest BCUT2D eigenvalue weighted by molar-refractivity contribution is -0.119. The number of halogens is 1. The molecule has 0 aromatic heterocycles. The van der Waals surface area contributed by atoms with Gasteiger partial charge in [0.1, 0.15) is 12.3 Å². The van der Waals surface area contributed by atoms with Crippen LogP contribution in [0, 0.1) is 0 Å². The van der Waals surface area contributed by atoms with Gasteiger partial charge in [0, 0.05) is 29.1 Å². The molecule has 3 aromatic carbocycles. The number of hydrogen-bond acceptors (Lipinski definition) is 7. The average Bonchev–Trinajstić information content (AvgIpc) is 2.91. The standard InChI is InChI=1S/C26H29ClN2O6S2/c1-33-23-11-9-20(27)15-22(23)29(37(31,32)21-10-12-24(34-2)25(16-21)35-3)17-26(30)28-13-14-36-18-19-7-5-4-6-8-19/h4-12,15-16H,13-14,17-18H2,1-3H3,(H,28,30). The molecule has 0 saturated carbocycles. The van der Waals surface area contributed by atoms with Crippen molar-refractivity contribution >= 4 is 45.0 Å². The van der Waals surface area contributed by atoms with Crippen LogP contribution in [-0.2, 0) is 20.6 Å². The number of methoxy groups -OCH3 is 3. The summed E-state index contributed by atoms with van der Waals surface area (Å²) in [7, 11) is 0.0483. The van der Waals surface area contributed by atoms with Crippen molar-refractivity contribution in [3.63, 3.8) is 0 Å². The zero-order chi connectivity index (χ0) is 26.8. The molecule has 0 spiro atoms. The molecule has 1 amide bonds. The van der Waals surface area contributed by atoms with E-state index < -0.39 is 22.5 Å².